The summed E-state index contributed by atoms with van der Waals surface area (Å²) in [6.45, 7) is 1.49. The molecule has 0 unspecified atom stereocenters. The van der Waals surface area contributed by atoms with Crippen molar-refractivity contribution in [3.63, 3.8) is 0 Å². The van der Waals surface area contributed by atoms with Gasteiger partial charge in [-0.3, -0.25) is 9.04 Å². The molecule has 0 amide bonds. The second-order valence-electron chi connectivity index (χ2n) is 5.70. The summed E-state index contributed by atoms with van der Waals surface area (Å²) in [6, 6.07) is 5.76. The van der Waals surface area contributed by atoms with Gasteiger partial charge in [-0.15, -0.1) is 0 Å². The molecule has 0 aromatic heterocycles. The Balaban J connectivity index is 2.52. The van der Waals surface area contributed by atoms with Gasteiger partial charge in [-0.1, -0.05) is 0 Å². The van der Waals surface area contributed by atoms with E-state index in [9.17, 15) is 8.42 Å². The average Bonchev–Trinajstić information content (AvgIpc) is 2.48. The molecule has 0 heterocycles. The van der Waals surface area contributed by atoms with Crippen molar-refractivity contribution < 1.29 is 27.2 Å². The van der Waals surface area contributed by atoms with E-state index in [0.717, 1.165) is 5.69 Å². The average molecular weight is 348 g/mol. The number of hydrogen-bond donors (Lipinski definition) is 1. The molecule has 1 aromatic rings. The van der Waals surface area contributed by atoms with Crippen LogP contribution in [-0.2, 0) is 14.9 Å². The lowest BCUT2D eigenvalue weighted by molar-refractivity contribution is 0.119. The molecular formula is C15H26NO6S+. The Labute approximate surface area is 138 Å². The normalized spacial score (nSPS) is 12.2. The lowest BCUT2D eigenvalue weighted by Gasteiger charge is -2.29. The summed E-state index contributed by atoms with van der Waals surface area (Å²) in [5.74, 6) is 1.07. The van der Waals surface area contributed by atoms with E-state index < -0.39 is 10.1 Å². The van der Waals surface area contributed by atoms with Crippen LogP contribution in [0.3, 0.4) is 0 Å². The minimum absolute atomic E-state index is 0.277. The van der Waals surface area contributed by atoms with E-state index in [1.165, 1.54) is 0 Å². The van der Waals surface area contributed by atoms with Crippen LogP contribution in [0.5, 0.6) is 11.5 Å². The van der Waals surface area contributed by atoms with Crippen LogP contribution in [0, 0.1) is 0 Å². The number of hydrogen-bond acceptors (Lipinski definition) is 5. The van der Waals surface area contributed by atoms with E-state index in [2.05, 4.69) is 0 Å². The van der Waals surface area contributed by atoms with Crippen LogP contribution in [0.2, 0.25) is 0 Å². The number of ether oxygens (including phenoxy) is 3. The van der Waals surface area contributed by atoms with Crippen LogP contribution in [0.15, 0.2) is 18.2 Å². The van der Waals surface area contributed by atoms with Crippen molar-refractivity contribution in [3.8, 4) is 11.5 Å². The molecule has 0 saturated heterocycles. The Morgan fingerprint density at radius 2 is 1.74 bits per heavy atom. The summed E-state index contributed by atoms with van der Waals surface area (Å²) in [6.07, 6.45) is 0.280. The van der Waals surface area contributed by atoms with Gasteiger partial charge < -0.3 is 14.2 Å². The maximum Gasteiger partial charge on any atom is 0.264 e. The highest BCUT2D eigenvalue weighted by Gasteiger charge is 2.21. The molecule has 1 aromatic carbocycles. The van der Waals surface area contributed by atoms with Gasteiger partial charge in [0.1, 0.15) is 12.2 Å². The first kappa shape index (κ1) is 19.7. The van der Waals surface area contributed by atoms with Crippen LogP contribution >= 0.6 is 0 Å². The zero-order valence-electron chi connectivity index (χ0n) is 14.1. The van der Waals surface area contributed by atoms with Gasteiger partial charge in [-0.05, 0) is 12.5 Å². The van der Waals surface area contributed by atoms with E-state index in [4.69, 9.17) is 18.8 Å². The molecule has 8 heteroatoms. The van der Waals surface area contributed by atoms with E-state index >= 15 is 0 Å². The monoisotopic (exact) mass is 348 g/mol. The standard InChI is InChI=1S/C15H25NO6S/c1-16(2,8-10-22-9-5-11-23(17,18)19)13-6-7-14(20-3)15(12-13)21-4/h6-7,12H,5,8-11H2,1-4H3/p+1. The molecule has 1 rings (SSSR count). The lowest BCUT2D eigenvalue weighted by Crippen LogP contribution is -2.43. The fraction of sp³-hybridized carbons (Fsp3) is 0.600. The van der Waals surface area contributed by atoms with E-state index in [0.29, 0.717) is 35.7 Å². The molecule has 0 aliphatic rings. The van der Waals surface area contributed by atoms with Crippen molar-refractivity contribution >= 4 is 15.8 Å². The second kappa shape index (κ2) is 8.49. The van der Waals surface area contributed by atoms with E-state index in [-0.39, 0.29) is 12.2 Å². The largest absolute Gasteiger partial charge is 0.493 e. The summed E-state index contributed by atoms with van der Waals surface area (Å²) < 4.78 is 46.4. The highest BCUT2D eigenvalue weighted by molar-refractivity contribution is 7.85. The SMILES string of the molecule is COc1ccc([N+](C)(C)CCOCCCS(=O)(=O)O)cc1OC. The summed E-state index contributed by atoms with van der Waals surface area (Å²) in [5, 5.41) is 0. The maximum absolute atomic E-state index is 10.6. The predicted octanol–water partition coefficient (Wildman–Crippen LogP) is 1.57. The first-order valence-electron chi connectivity index (χ1n) is 7.28. The van der Waals surface area contributed by atoms with Crippen molar-refractivity contribution in [3.05, 3.63) is 18.2 Å². The van der Waals surface area contributed by atoms with Crippen LogP contribution in [0.4, 0.5) is 5.69 Å². The Morgan fingerprint density at radius 1 is 1.09 bits per heavy atom. The third-order valence-corrected chi connectivity index (χ3v) is 4.36. The van der Waals surface area contributed by atoms with E-state index in [1.807, 2.05) is 32.3 Å². The topological polar surface area (TPSA) is 82.1 Å². The van der Waals surface area contributed by atoms with Gasteiger partial charge in [0.15, 0.2) is 11.5 Å². The summed E-state index contributed by atoms with van der Waals surface area (Å²) in [7, 11) is 3.37. The van der Waals surface area contributed by atoms with Crippen molar-refractivity contribution in [2.24, 2.45) is 0 Å². The van der Waals surface area contributed by atoms with Gasteiger partial charge in [0.2, 0.25) is 0 Å². The first-order chi connectivity index (χ1) is 10.7. The Morgan fingerprint density at radius 3 is 2.30 bits per heavy atom. The van der Waals surface area contributed by atoms with Gasteiger partial charge in [0, 0.05) is 18.7 Å². The van der Waals surface area contributed by atoms with Crippen molar-refractivity contribution in [1.29, 1.82) is 0 Å². The number of benzene rings is 1. The molecule has 0 atom stereocenters. The summed E-state index contributed by atoms with van der Waals surface area (Å²) in [4.78, 5) is 0. The zero-order chi connectivity index (χ0) is 17.5. The number of rotatable bonds is 10. The fourth-order valence-corrected chi connectivity index (χ4v) is 2.55. The Bertz CT molecular complexity index is 600. The van der Waals surface area contributed by atoms with Crippen LogP contribution < -0.4 is 14.0 Å². The van der Waals surface area contributed by atoms with Gasteiger partial charge in [-0.25, -0.2) is 0 Å². The first-order valence-corrected chi connectivity index (χ1v) is 8.89. The Kier molecular flexibility index (Phi) is 7.27. The molecule has 23 heavy (non-hydrogen) atoms. The summed E-state index contributed by atoms with van der Waals surface area (Å²) in [5.41, 5.74) is 1.05. The van der Waals surface area contributed by atoms with Crippen molar-refractivity contribution in [2.75, 3.05) is 53.8 Å². The third kappa shape index (κ3) is 6.74. The van der Waals surface area contributed by atoms with Crippen LogP contribution in [0.25, 0.3) is 0 Å². The smallest absolute Gasteiger partial charge is 0.264 e. The van der Waals surface area contributed by atoms with Crippen LogP contribution in [-0.4, -0.2) is 66.8 Å². The number of quaternary nitrogens is 1. The minimum Gasteiger partial charge on any atom is -0.493 e. The third-order valence-electron chi connectivity index (χ3n) is 3.55. The molecule has 0 bridgehead atoms. The van der Waals surface area contributed by atoms with Crippen molar-refractivity contribution in [1.82, 2.24) is 4.48 Å². The molecule has 0 aliphatic carbocycles. The van der Waals surface area contributed by atoms with Crippen LogP contribution in [0.1, 0.15) is 6.42 Å². The number of methoxy groups -OCH3 is 2. The minimum atomic E-state index is -3.91. The molecule has 0 radical (unpaired) electrons. The molecule has 0 fully saturated rings. The number of nitrogens with zero attached hydrogens (tertiary/aromatic N) is 1. The predicted molar refractivity (Wildman–Crippen MR) is 89.9 cm³/mol. The van der Waals surface area contributed by atoms with Gasteiger partial charge in [-0.2, -0.15) is 8.42 Å². The Hall–Kier alpha value is -1.35. The van der Waals surface area contributed by atoms with Gasteiger partial charge in [0.25, 0.3) is 10.1 Å². The summed E-state index contributed by atoms with van der Waals surface area (Å²) >= 11 is 0. The highest BCUT2D eigenvalue weighted by Crippen LogP contribution is 2.32. The molecule has 0 aliphatic heterocycles. The second-order valence-corrected chi connectivity index (χ2v) is 7.27. The zero-order valence-corrected chi connectivity index (χ0v) is 14.9. The van der Waals surface area contributed by atoms with E-state index in [1.54, 1.807) is 14.2 Å². The molecule has 7 nitrogen and oxygen atoms in total. The highest BCUT2D eigenvalue weighted by atomic mass is 32.2. The van der Waals surface area contributed by atoms with Gasteiger partial charge in [0.05, 0.1) is 40.7 Å². The number of likely N-dealkylation sites (N-methyl/N-ethyl adjacent to an activating group) is 1. The maximum atomic E-state index is 10.6. The molecule has 0 saturated carbocycles. The van der Waals surface area contributed by atoms with Crippen molar-refractivity contribution in [2.45, 2.75) is 6.42 Å². The molecule has 1 N–H and O–H groups in total. The lowest BCUT2D eigenvalue weighted by atomic mass is 10.2. The molecular weight excluding hydrogens is 322 g/mol. The van der Waals surface area contributed by atoms with Gasteiger partial charge >= 0.3 is 0 Å². The molecule has 132 valence electrons. The fourth-order valence-electron chi connectivity index (χ4n) is 2.07. The molecule has 0 spiro atoms. The quantitative estimate of drug-likeness (QED) is 0.393.